The predicted octanol–water partition coefficient (Wildman–Crippen LogP) is 2.68. The first-order valence-electron chi connectivity index (χ1n) is 5.67. The van der Waals surface area contributed by atoms with Crippen molar-refractivity contribution < 1.29 is 4.79 Å². The van der Waals surface area contributed by atoms with Crippen molar-refractivity contribution in [2.45, 2.75) is 53.0 Å². The second kappa shape index (κ2) is 3.92. The number of carbonyl (C=O) groups excluding carboxylic acids is 1. The summed E-state index contributed by atoms with van der Waals surface area (Å²) in [5, 5.41) is 0. The number of amides is 1. The summed E-state index contributed by atoms with van der Waals surface area (Å²) in [5.74, 6) is 1.27. The average molecular weight is 197 g/mol. The fraction of sp³-hybridized carbons (Fsp3) is 0.917. The van der Waals surface area contributed by atoms with Gasteiger partial charge in [-0.2, -0.15) is 0 Å². The molecule has 0 saturated carbocycles. The van der Waals surface area contributed by atoms with E-state index < -0.39 is 0 Å². The first kappa shape index (κ1) is 11.5. The van der Waals surface area contributed by atoms with E-state index in [1.807, 2.05) is 0 Å². The predicted molar refractivity (Wildman–Crippen MR) is 59.0 cm³/mol. The van der Waals surface area contributed by atoms with Crippen LogP contribution in [0.25, 0.3) is 0 Å². The van der Waals surface area contributed by atoms with Crippen LogP contribution in [0.3, 0.4) is 0 Å². The minimum absolute atomic E-state index is 0.0147. The number of hydrogen-bond acceptors (Lipinski definition) is 1. The highest BCUT2D eigenvalue weighted by Crippen LogP contribution is 2.29. The third-order valence-corrected chi connectivity index (χ3v) is 3.10. The Labute approximate surface area is 87.7 Å². The van der Waals surface area contributed by atoms with Crippen LogP contribution in [0, 0.1) is 11.8 Å². The second-order valence-corrected chi connectivity index (χ2v) is 5.57. The Morgan fingerprint density at radius 3 is 2.43 bits per heavy atom. The van der Waals surface area contributed by atoms with Crippen LogP contribution in [0.1, 0.15) is 47.5 Å². The highest BCUT2D eigenvalue weighted by atomic mass is 16.2. The third kappa shape index (κ3) is 2.28. The lowest BCUT2D eigenvalue weighted by atomic mass is 9.85. The van der Waals surface area contributed by atoms with Gasteiger partial charge in [0.15, 0.2) is 0 Å². The van der Waals surface area contributed by atoms with Crippen LogP contribution in [0.15, 0.2) is 0 Å². The van der Waals surface area contributed by atoms with Gasteiger partial charge in [0, 0.05) is 18.0 Å². The minimum atomic E-state index is -0.0147. The Morgan fingerprint density at radius 2 is 2.00 bits per heavy atom. The number of nitrogens with zero attached hydrogens (tertiary/aromatic N) is 1. The van der Waals surface area contributed by atoms with Gasteiger partial charge in [-0.25, -0.2) is 0 Å². The van der Waals surface area contributed by atoms with Gasteiger partial charge in [0.05, 0.1) is 0 Å². The summed E-state index contributed by atoms with van der Waals surface area (Å²) in [6, 6.07) is 0. The van der Waals surface area contributed by atoms with Gasteiger partial charge in [-0.05, 0) is 39.5 Å². The van der Waals surface area contributed by atoms with Crippen LogP contribution in [0.4, 0.5) is 0 Å². The Balaban J connectivity index is 2.80. The molecule has 1 rings (SSSR count). The molecule has 0 N–H and O–H groups in total. The fourth-order valence-corrected chi connectivity index (χ4v) is 2.23. The molecule has 0 aromatic carbocycles. The lowest BCUT2D eigenvalue weighted by Crippen LogP contribution is -2.53. The summed E-state index contributed by atoms with van der Waals surface area (Å²) in [7, 11) is 0. The quantitative estimate of drug-likeness (QED) is 0.633. The molecule has 2 heteroatoms. The molecule has 1 fully saturated rings. The van der Waals surface area contributed by atoms with E-state index >= 15 is 0 Å². The van der Waals surface area contributed by atoms with Gasteiger partial charge in [0.1, 0.15) is 0 Å². The number of carbonyl (C=O) groups is 1. The van der Waals surface area contributed by atoms with Gasteiger partial charge in [-0.15, -0.1) is 0 Å². The molecule has 0 bridgehead atoms. The maximum absolute atomic E-state index is 12.1. The van der Waals surface area contributed by atoms with E-state index in [0.29, 0.717) is 11.8 Å². The van der Waals surface area contributed by atoms with Crippen LogP contribution in [-0.4, -0.2) is 22.9 Å². The summed E-state index contributed by atoms with van der Waals surface area (Å²) in [6.07, 6.45) is 2.05. The number of rotatable bonds is 1. The molecule has 0 aliphatic carbocycles. The Morgan fingerprint density at radius 1 is 1.43 bits per heavy atom. The monoisotopic (exact) mass is 197 g/mol. The zero-order chi connectivity index (χ0) is 10.9. The van der Waals surface area contributed by atoms with E-state index in [-0.39, 0.29) is 11.5 Å². The van der Waals surface area contributed by atoms with Crippen LogP contribution >= 0.6 is 0 Å². The van der Waals surface area contributed by atoms with Crippen molar-refractivity contribution in [3.05, 3.63) is 0 Å². The van der Waals surface area contributed by atoms with Crippen molar-refractivity contribution in [1.82, 2.24) is 4.90 Å². The molecule has 1 aliphatic rings. The van der Waals surface area contributed by atoms with E-state index in [9.17, 15) is 4.79 Å². The van der Waals surface area contributed by atoms with Gasteiger partial charge >= 0.3 is 0 Å². The van der Waals surface area contributed by atoms with E-state index in [0.717, 1.165) is 19.4 Å². The molecule has 2 unspecified atom stereocenters. The normalized spacial score (nSPS) is 29.5. The van der Waals surface area contributed by atoms with Crippen LogP contribution in [0.2, 0.25) is 0 Å². The highest BCUT2D eigenvalue weighted by Gasteiger charge is 2.36. The van der Waals surface area contributed by atoms with Crippen molar-refractivity contribution >= 4 is 5.91 Å². The van der Waals surface area contributed by atoms with Gasteiger partial charge in [0.25, 0.3) is 0 Å². The van der Waals surface area contributed by atoms with Crippen molar-refractivity contribution in [3.8, 4) is 0 Å². The van der Waals surface area contributed by atoms with Crippen molar-refractivity contribution in [3.63, 3.8) is 0 Å². The molecule has 0 aromatic rings. The largest absolute Gasteiger partial charge is 0.337 e. The molecule has 82 valence electrons. The molecular weight excluding hydrogens is 174 g/mol. The first-order valence-corrected chi connectivity index (χ1v) is 5.67. The number of hydrogen-bond donors (Lipinski definition) is 0. The SMILES string of the molecule is CCC1CC(C)CN(C(C)(C)C)C1=O. The molecular formula is C12H23NO. The maximum atomic E-state index is 12.1. The summed E-state index contributed by atoms with van der Waals surface area (Å²) in [5.41, 5.74) is -0.0147. The van der Waals surface area contributed by atoms with E-state index in [1.54, 1.807) is 0 Å². The van der Waals surface area contributed by atoms with Gasteiger partial charge < -0.3 is 4.90 Å². The Kier molecular flexibility index (Phi) is 3.23. The van der Waals surface area contributed by atoms with E-state index in [4.69, 9.17) is 0 Å². The van der Waals surface area contributed by atoms with Gasteiger partial charge in [-0.3, -0.25) is 4.79 Å². The minimum Gasteiger partial charge on any atom is -0.337 e. The highest BCUT2D eigenvalue weighted by molar-refractivity contribution is 5.80. The van der Waals surface area contributed by atoms with Crippen LogP contribution in [0.5, 0.6) is 0 Å². The molecule has 2 atom stereocenters. The molecule has 0 spiro atoms. The Bertz CT molecular complexity index is 217. The molecule has 2 nitrogen and oxygen atoms in total. The fourth-order valence-electron chi connectivity index (χ4n) is 2.23. The summed E-state index contributed by atoms with van der Waals surface area (Å²) in [4.78, 5) is 14.1. The van der Waals surface area contributed by atoms with Crippen molar-refractivity contribution in [2.75, 3.05) is 6.54 Å². The summed E-state index contributed by atoms with van der Waals surface area (Å²) >= 11 is 0. The number of piperidine rings is 1. The lowest BCUT2D eigenvalue weighted by molar-refractivity contribution is -0.146. The zero-order valence-corrected chi connectivity index (χ0v) is 10.1. The second-order valence-electron chi connectivity index (χ2n) is 5.57. The summed E-state index contributed by atoms with van der Waals surface area (Å²) < 4.78 is 0. The van der Waals surface area contributed by atoms with Gasteiger partial charge in [-0.1, -0.05) is 13.8 Å². The lowest BCUT2D eigenvalue weighted by Gasteiger charge is -2.43. The molecule has 1 saturated heterocycles. The zero-order valence-electron chi connectivity index (χ0n) is 10.1. The molecule has 1 heterocycles. The van der Waals surface area contributed by atoms with E-state index in [2.05, 4.69) is 39.5 Å². The molecule has 14 heavy (non-hydrogen) atoms. The van der Waals surface area contributed by atoms with Crippen LogP contribution in [-0.2, 0) is 4.79 Å². The average Bonchev–Trinajstić information content (AvgIpc) is 2.06. The molecule has 1 amide bonds. The standard InChI is InChI=1S/C12H23NO/c1-6-10-7-9(2)8-13(11(10)14)12(3,4)5/h9-10H,6-8H2,1-5H3. The van der Waals surface area contributed by atoms with Crippen molar-refractivity contribution in [1.29, 1.82) is 0 Å². The smallest absolute Gasteiger partial charge is 0.226 e. The number of likely N-dealkylation sites (tertiary alicyclic amines) is 1. The molecule has 1 aliphatic heterocycles. The van der Waals surface area contributed by atoms with E-state index in [1.165, 1.54) is 0 Å². The molecule has 0 aromatic heterocycles. The Hall–Kier alpha value is -0.530. The molecule has 0 radical (unpaired) electrons. The van der Waals surface area contributed by atoms with Crippen molar-refractivity contribution in [2.24, 2.45) is 11.8 Å². The summed E-state index contributed by atoms with van der Waals surface area (Å²) in [6.45, 7) is 11.6. The third-order valence-electron chi connectivity index (χ3n) is 3.10. The topological polar surface area (TPSA) is 20.3 Å². The van der Waals surface area contributed by atoms with Gasteiger partial charge in [0.2, 0.25) is 5.91 Å². The maximum Gasteiger partial charge on any atom is 0.226 e. The first-order chi connectivity index (χ1) is 6.36. The van der Waals surface area contributed by atoms with Crippen LogP contribution < -0.4 is 0 Å².